The molecular formula is C10H17N3O2S3. The largest absolute Gasteiger partial charge is 0.480 e. The number of hydrogen-bond donors (Lipinski definition) is 2. The average molecular weight is 307 g/mol. The minimum absolute atomic E-state index is 0.167. The molecule has 102 valence electrons. The maximum Gasteiger partial charge on any atom is 0.320 e. The van der Waals surface area contributed by atoms with Crippen molar-refractivity contribution in [3.8, 4) is 0 Å². The number of aliphatic carboxylic acids is 1. The van der Waals surface area contributed by atoms with Crippen molar-refractivity contribution in [1.82, 2.24) is 15.5 Å². The molecule has 1 aromatic heterocycles. The molecule has 0 saturated heterocycles. The van der Waals surface area contributed by atoms with Gasteiger partial charge < -0.3 is 10.4 Å². The van der Waals surface area contributed by atoms with Crippen molar-refractivity contribution >= 4 is 40.8 Å². The van der Waals surface area contributed by atoms with Crippen molar-refractivity contribution in [2.75, 3.05) is 12.0 Å². The molecule has 5 nitrogen and oxygen atoms in total. The van der Waals surface area contributed by atoms with Gasteiger partial charge in [0, 0.05) is 11.8 Å². The first-order valence-electron chi connectivity index (χ1n) is 5.52. The maximum absolute atomic E-state index is 11.0. The summed E-state index contributed by atoms with van der Waals surface area (Å²) in [4.78, 5) is 11.0. The third kappa shape index (κ3) is 5.55. The Morgan fingerprint density at radius 2 is 2.11 bits per heavy atom. The van der Waals surface area contributed by atoms with Gasteiger partial charge >= 0.3 is 5.97 Å². The van der Waals surface area contributed by atoms with Crippen LogP contribution >= 0.6 is 34.9 Å². The van der Waals surface area contributed by atoms with Gasteiger partial charge in [0.05, 0.1) is 0 Å². The Labute approximate surface area is 119 Å². The van der Waals surface area contributed by atoms with Crippen molar-refractivity contribution in [2.24, 2.45) is 0 Å². The van der Waals surface area contributed by atoms with Crippen LogP contribution in [-0.2, 0) is 4.79 Å². The monoisotopic (exact) mass is 307 g/mol. The second-order valence-corrected chi connectivity index (χ2v) is 7.26. The molecule has 1 aromatic rings. The van der Waals surface area contributed by atoms with Crippen LogP contribution in [0.25, 0.3) is 0 Å². The SMILES string of the molecule is CSc1nnc(SCCC(NC(C)C)C(=O)O)s1. The summed E-state index contributed by atoms with van der Waals surface area (Å²) in [7, 11) is 0. The van der Waals surface area contributed by atoms with E-state index in [1.165, 1.54) is 0 Å². The predicted molar refractivity (Wildman–Crippen MR) is 76.7 cm³/mol. The number of thioether (sulfide) groups is 2. The molecule has 18 heavy (non-hydrogen) atoms. The van der Waals surface area contributed by atoms with Crippen LogP contribution in [0, 0.1) is 0 Å². The molecule has 1 rings (SSSR count). The van der Waals surface area contributed by atoms with E-state index in [-0.39, 0.29) is 6.04 Å². The van der Waals surface area contributed by atoms with Gasteiger partial charge in [-0.1, -0.05) is 48.7 Å². The van der Waals surface area contributed by atoms with Crippen molar-refractivity contribution in [1.29, 1.82) is 0 Å². The molecule has 8 heteroatoms. The highest BCUT2D eigenvalue weighted by Crippen LogP contribution is 2.27. The van der Waals surface area contributed by atoms with Crippen molar-refractivity contribution in [2.45, 2.75) is 41.0 Å². The van der Waals surface area contributed by atoms with Crippen LogP contribution in [0.3, 0.4) is 0 Å². The van der Waals surface area contributed by atoms with Gasteiger partial charge in [-0.2, -0.15) is 0 Å². The zero-order valence-electron chi connectivity index (χ0n) is 10.5. The number of rotatable bonds is 8. The lowest BCUT2D eigenvalue weighted by Crippen LogP contribution is -2.41. The third-order valence-electron chi connectivity index (χ3n) is 2.03. The first-order chi connectivity index (χ1) is 8.52. The Morgan fingerprint density at radius 3 is 2.61 bits per heavy atom. The predicted octanol–water partition coefficient (Wildman–Crippen LogP) is 2.19. The van der Waals surface area contributed by atoms with Crippen LogP contribution in [0.15, 0.2) is 8.68 Å². The molecule has 0 saturated carbocycles. The Balaban J connectivity index is 2.36. The summed E-state index contributed by atoms with van der Waals surface area (Å²) < 4.78 is 1.83. The fourth-order valence-corrected chi connectivity index (χ4v) is 3.80. The van der Waals surface area contributed by atoms with Crippen LogP contribution in [0.4, 0.5) is 0 Å². The Kier molecular flexibility index (Phi) is 6.98. The van der Waals surface area contributed by atoms with Crippen molar-refractivity contribution in [3.63, 3.8) is 0 Å². The molecule has 2 N–H and O–H groups in total. The second-order valence-electron chi connectivity index (χ2n) is 3.89. The first-order valence-corrected chi connectivity index (χ1v) is 8.54. The minimum atomic E-state index is -0.800. The second kappa shape index (κ2) is 7.98. The molecule has 0 aliphatic heterocycles. The van der Waals surface area contributed by atoms with Crippen LogP contribution in [0.1, 0.15) is 20.3 Å². The molecule has 1 unspecified atom stereocenters. The molecule has 1 heterocycles. The topological polar surface area (TPSA) is 75.1 Å². The number of carboxylic acids is 1. The van der Waals surface area contributed by atoms with Crippen LogP contribution in [0.5, 0.6) is 0 Å². The van der Waals surface area contributed by atoms with Gasteiger partial charge in [0.15, 0.2) is 8.68 Å². The lowest BCUT2D eigenvalue weighted by Gasteiger charge is -2.16. The Bertz CT molecular complexity index is 384. The highest BCUT2D eigenvalue weighted by molar-refractivity contribution is 8.02. The summed E-state index contributed by atoms with van der Waals surface area (Å²) in [6, 6.07) is -0.328. The van der Waals surface area contributed by atoms with Gasteiger partial charge in [-0.3, -0.25) is 4.79 Å². The Hall–Kier alpha value is -0.310. The van der Waals surface area contributed by atoms with E-state index in [0.717, 1.165) is 14.4 Å². The normalized spacial score (nSPS) is 12.9. The van der Waals surface area contributed by atoms with E-state index in [1.807, 2.05) is 20.1 Å². The average Bonchev–Trinajstić information content (AvgIpc) is 2.75. The zero-order valence-corrected chi connectivity index (χ0v) is 13.0. The summed E-state index contributed by atoms with van der Waals surface area (Å²) in [5.74, 6) is -0.0777. The van der Waals surface area contributed by atoms with E-state index in [2.05, 4.69) is 15.5 Å². The van der Waals surface area contributed by atoms with Gasteiger partial charge in [0.25, 0.3) is 0 Å². The number of hydrogen-bond acceptors (Lipinski definition) is 7. The van der Waals surface area contributed by atoms with Crippen LogP contribution in [-0.4, -0.2) is 45.4 Å². The minimum Gasteiger partial charge on any atom is -0.480 e. The summed E-state index contributed by atoms with van der Waals surface area (Å²) in [5.41, 5.74) is 0. The quantitative estimate of drug-likeness (QED) is 0.713. The molecule has 0 aliphatic rings. The smallest absolute Gasteiger partial charge is 0.320 e. The molecule has 0 spiro atoms. The lowest BCUT2D eigenvalue weighted by atomic mass is 10.2. The highest BCUT2D eigenvalue weighted by atomic mass is 32.2. The Morgan fingerprint density at radius 1 is 1.44 bits per heavy atom. The molecule has 1 atom stereocenters. The third-order valence-corrected chi connectivity index (χ3v) is 5.09. The standard InChI is InChI=1S/C10H17N3O2S3/c1-6(2)11-7(8(14)15)4-5-17-10-13-12-9(16-3)18-10/h6-7,11H,4-5H2,1-3H3,(H,14,15). The molecule has 0 aromatic carbocycles. The number of nitrogens with one attached hydrogen (secondary N) is 1. The molecule has 0 amide bonds. The van der Waals surface area contributed by atoms with Gasteiger partial charge in [-0.25, -0.2) is 0 Å². The number of nitrogens with zero attached hydrogens (tertiary/aromatic N) is 2. The van der Waals surface area contributed by atoms with Gasteiger partial charge in [0.1, 0.15) is 6.04 Å². The fraction of sp³-hybridized carbons (Fsp3) is 0.700. The summed E-state index contributed by atoms with van der Waals surface area (Å²) >= 11 is 4.67. The summed E-state index contributed by atoms with van der Waals surface area (Å²) in [6.45, 7) is 3.89. The van der Waals surface area contributed by atoms with Crippen molar-refractivity contribution in [3.05, 3.63) is 0 Å². The highest BCUT2D eigenvalue weighted by Gasteiger charge is 2.17. The molecule has 0 aliphatic carbocycles. The van der Waals surface area contributed by atoms with E-state index in [1.54, 1.807) is 34.9 Å². The van der Waals surface area contributed by atoms with E-state index >= 15 is 0 Å². The summed E-state index contributed by atoms with van der Waals surface area (Å²) in [6.07, 6.45) is 2.54. The van der Waals surface area contributed by atoms with Gasteiger partial charge in [-0.15, -0.1) is 10.2 Å². The molecular weight excluding hydrogens is 290 g/mol. The van der Waals surface area contributed by atoms with E-state index < -0.39 is 12.0 Å². The van der Waals surface area contributed by atoms with E-state index in [4.69, 9.17) is 5.11 Å². The van der Waals surface area contributed by atoms with E-state index in [9.17, 15) is 4.79 Å². The number of carbonyl (C=O) groups is 1. The van der Waals surface area contributed by atoms with E-state index in [0.29, 0.717) is 6.42 Å². The van der Waals surface area contributed by atoms with Gasteiger partial charge in [0.2, 0.25) is 0 Å². The van der Waals surface area contributed by atoms with Gasteiger partial charge in [-0.05, 0) is 12.7 Å². The first kappa shape index (κ1) is 15.7. The fourth-order valence-electron chi connectivity index (χ4n) is 1.28. The molecule has 0 radical (unpaired) electrons. The molecule has 0 bridgehead atoms. The summed E-state index contributed by atoms with van der Waals surface area (Å²) in [5, 5.41) is 20.1. The number of aromatic nitrogens is 2. The zero-order chi connectivity index (χ0) is 13.5. The van der Waals surface area contributed by atoms with Crippen LogP contribution < -0.4 is 5.32 Å². The maximum atomic E-state index is 11.0. The van der Waals surface area contributed by atoms with Crippen molar-refractivity contribution < 1.29 is 9.90 Å². The number of carboxylic acid groups (broad SMARTS) is 1. The lowest BCUT2D eigenvalue weighted by molar-refractivity contribution is -0.139. The van der Waals surface area contributed by atoms with Crippen LogP contribution in [0.2, 0.25) is 0 Å². The molecule has 0 fully saturated rings.